The Morgan fingerprint density at radius 2 is 1.68 bits per heavy atom. The lowest BCUT2D eigenvalue weighted by molar-refractivity contribution is 0.292. The molecule has 0 aliphatic carbocycles. The van der Waals surface area contributed by atoms with Gasteiger partial charge in [0.2, 0.25) is 0 Å². The molecule has 0 unspecified atom stereocenters. The number of benzene rings is 2. The van der Waals surface area contributed by atoms with E-state index in [9.17, 15) is 8.78 Å². The van der Waals surface area contributed by atoms with Crippen molar-refractivity contribution in [2.24, 2.45) is 10.9 Å². The van der Waals surface area contributed by atoms with Gasteiger partial charge in [0.15, 0.2) is 0 Å². The molecule has 2 N–H and O–H groups in total. The van der Waals surface area contributed by atoms with Crippen molar-refractivity contribution < 1.29 is 13.5 Å². The van der Waals surface area contributed by atoms with Crippen LogP contribution in [0.3, 0.4) is 0 Å². The summed E-state index contributed by atoms with van der Waals surface area (Å²) in [5, 5.41) is 3.39. The molecule has 0 saturated carbocycles. The molecule has 0 saturated heterocycles. The number of hydrogen-bond acceptors (Lipinski definition) is 3. The van der Waals surface area contributed by atoms with Crippen LogP contribution in [0.25, 0.3) is 0 Å². The molecule has 0 aliphatic heterocycles. The summed E-state index contributed by atoms with van der Waals surface area (Å²) in [7, 11) is 0. The normalized spacial score (nSPS) is 10.8. The zero-order valence-electron chi connectivity index (χ0n) is 10.0. The van der Waals surface area contributed by atoms with Gasteiger partial charge in [-0.2, -0.15) is 5.10 Å². The lowest BCUT2D eigenvalue weighted by Gasteiger charge is -2.08. The first-order valence-corrected chi connectivity index (χ1v) is 5.59. The van der Waals surface area contributed by atoms with Gasteiger partial charge in [-0.05, 0) is 42.0 Å². The topological polar surface area (TPSA) is 47.6 Å². The number of hydrazone groups is 1. The van der Waals surface area contributed by atoms with Gasteiger partial charge in [0.05, 0.1) is 11.8 Å². The van der Waals surface area contributed by atoms with Crippen LogP contribution < -0.4 is 10.6 Å². The van der Waals surface area contributed by atoms with E-state index in [4.69, 9.17) is 10.6 Å². The maximum absolute atomic E-state index is 13.4. The molecule has 98 valence electrons. The van der Waals surface area contributed by atoms with Gasteiger partial charge in [-0.15, -0.1) is 0 Å². The molecule has 2 rings (SSSR count). The highest BCUT2D eigenvalue weighted by Crippen LogP contribution is 2.17. The van der Waals surface area contributed by atoms with E-state index < -0.39 is 11.6 Å². The van der Waals surface area contributed by atoms with Crippen molar-refractivity contribution in [2.75, 3.05) is 0 Å². The van der Waals surface area contributed by atoms with E-state index in [-0.39, 0.29) is 12.2 Å². The molecule has 5 heteroatoms. The first-order chi connectivity index (χ1) is 9.20. The van der Waals surface area contributed by atoms with E-state index in [1.807, 2.05) is 0 Å². The summed E-state index contributed by atoms with van der Waals surface area (Å²) in [6.07, 6.45) is 1.49. The maximum Gasteiger partial charge on any atom is 0.132 e. The van der Waals surface area contributed by atoms with E-state index in [0.717, 1.165) is 5.56 Å². The van der Waals surface area contributed by atoms with E-state index in [2.05, 4.69) is 5.10 Å². The molecular formula is C14H12F2N2O. The van der Waals surface area contributed by atoms with Crippen molar-refractivity contribution in [2.45, 2.75) is 6.61 Å². The van der Waals surface area contributed by atoms with Crippen molar-refractivity contribution in [3.8, 4) is 5.75 Å². The number of nitrogens with zero attached hydrogens (tertiary/aromatic N) is 1. The van der Waals surface area contributed by atoms with Crippen LogP contribution in [0.15, 0.2) is 47.6 Å². The molecule has 0 aliphatic rings. The van der Waals surface area contributed by atoms with Gasteiger partial charge in [0.1, 0.15) is 24.0 Å². The predicted octanol–water partition coefficient (Wildman–Crippen LogP) is 2.84. The first kappa shape index (κ1) is 13.0. The fourth-order valence-corrected chi connectivity index (χ4v) is 1.56. The number of rotatable bonds is 4. The van der Waals surface area contributed by atoms with E-state index in [1.54, 1.807) is 24.3 Å². The second-order valence-corrected chi connectivity index (χ2v) is 3.84. The average molecular weight is 262 g/mol. The zero-order valence-corrected chi connectivity index (χ0v) is 10.0. The third-order valence-corrected chi connectivity index (χ3v) is 2.55. The molecule has 0 atom stereocenters. The molecule has 0 spiro atoms. The van der Waals surface area contributed by atoms with Crippen molar-refractivity contribution in [1.29, 1.82) is 0 Å². The minimum Gasteiger partial charge on any atom is -0.489 e. The Bertz CT molecular complexity index is 562. The predicted molar refractivity (Wildman–Crippen MR) is 68.9 cm³/mol. The molecule has 0 fully saturated rings. The molecule has 0 radical (unpaired) electrons. The quantitative estimate of drug-likeness (QED) is 0.523. The summed E-state index contributed by atoms with van der Waals surface area (Å²) in [6.45, 7) is -0.164. The molecule has 0 aromatic heterocycles. The Labute approximate surface area is 109 Å². The van der Waals surface area contributed by atoms with Crippen LogP contribution in [0, 0.1) is 11.6 Å². The highest BCUT2D eigenvalue weighted by atomic mass is 19.1. The Morgan fingerprint density at radius 3 is 2.26 bits per heavy atom. The van der Waals surface area contributed by atoms with Crippen LogP contribution in [0.2, 0.25) is 0 Å². The minimum absolute atomic E-state index is 0.0879. The largest absolute Gasteiger partial charge is 0.489 e. The van der Waals surface area contributed by atoms with E-state index in [0.29, 0.717) is 5.75 Å². The lowest BCUT2D eigenvalue weighted by atomic mass is 10.2. The van der Waals surface area contributed by atoms with Crippen molar-refractivity contribution in [3.05, 3.63) is 65.2 Å². The van der Waals surface area contributed by atoms with Crippen molar-refractivity contribution in [1.82, 2.24) is 0 Å². The first-order valence-electron chi connectivity index (χ1n) is 5.59. The summed E-state index contributed by atoms with van der Waals surface area (Å²) in [5.41, 5.74) is 0.724. The third-order valence-electron chi connectivity index (χ3n) is 2.55. The van der Waals surface area contributed by atoms with Crippen molar-refractivity contribution >= 4 is 6.21 Å². The number of halogens is 2. The Hall–Kier alpha value is -2.43. The van der Waals surface area contributed by atoms with E-state index >= 15 is 0 Å². The minimum atomic E-state index is -0.619. The van der Waals surface area contributed by atoms with Crippen LogP contribution in [-0.4, -0.2) is 6.21 Å². The smallest absolute Gasteiger partial charge is 0.132 e. The van der Waals surface area contributed by atoms with Crippen LogP contribution >= 0.6 is 0 Å². The van der Waals surface area contributed by atoms with Gasteiger partial charge in [-0.25, -0.2) is 8.78 Å². The molecule has 2 aromatic carbocycles. The molecule has 0 amide bonds. The van der Waals surface area contributed by atoms with E-state index in [1.165, 1.54) is 24.4 Å². The highest BCUT2D eigenvalue weighted by molar-refractivity contribution is 5.79. The molecular weight excluding hydrogens is 250 g/mol. The summed E-state index contributed by atoms with van der Waals surface area (Å²) < 4.78 is 32.1. The molecule has 0 heterocycles. The maximum atomic E-state index is 13.4. The third kappa shape index (κ3) is 3.28. The second-order valence-electron chi connectivity index (χ2n) is 3.84. The lowest BCUT2D eigenvalue weighted by Crippen LogP contribution is -2.01. The summed E-state index contributed by atoms with van der Waals surface area (Å²) in [6, 6.07) is 10.5. The summed E-state index contributed by atoms with van der Waals surface area (Å²) in [4.78, 5) is 0. The van der Waals surface area contributed by atoms with Crippen LogP contribution in [0.4, 0.5) is 8.78 Å². The Balaban J connectivity index is 2.06. The van der Waals surface area contributed by atoms with Crippen LogP contribution in [0.1, 0.15) is 11.1 Å². The molecule has 19 heavy (non-hydrogen) atoms. The number of hydrogen-bond donors (Lipinski definition) is 1. The molecule has 0 bridgehead atoms. The average Bonchev–Trinajstić information content (AvgIpc) is 2.40. The monoisotopic (exact) mass is 262 g/mol. The number of ether oxygens (including phenoxy) is 1. The van der Waals surface area contributed by atoms with Gasteiger partial charge < -0.3 is 10.6 Å². The van der Waals surface area contributed by atoms with Gasteiger partial charge in [0, 0.05) is 0 Å². The second kappa shape index (κ2) is 5.95. The number of nitrogens with two attached hydrogens (primary N) is 1. The Morgan fingerprint density at radius 1 is 1.05 bits per heavy atom. The highest BCUT2D eigenvalue weighted by Gasteiger charge is 2.08. The van der Waals surface area contributed by atoms with Gasteiger partial charge >= 0.3 is 0 Å². The molecule has 2 aromatic rings. The van der Waals surface area contributed by atoms with Crippen molar-refractivity contribution in [3.63, 3.8) is 0 Å². The fourth-order valence-electron chi connectivity index (χ4n) is 1.56. The SMILES string of the molecule is NN=Cc1ccc(OCc2c(F)cccc2F)cc1. The summed E-state index contributed by atoms with van der Waals surface area (Å²) in [5.74, 6) is 4.30. The standard InChI is InChI=1S/C14H12F2N2O/c15-13-2-1-3-14(16)12(13)9-19-11-6-4-10(5-7-11)8-18-17/h1-8H,9,17H2. The Kier molecular flexibility index (Phi) is 4.07. The van der Waals surface area contributed by atoms with Gasteiger partial charge in [-0.1, -0.05) is 6.07 Å². The van der Waals surface area contributed by atoms with Crippen LogP contribution in [0.5, 0.6) is 5.75 Å². The fraction of sp³-hybridized carbons (Fsp3) is 0.0714. The van der Waals surface area contributed by atoms with Gasteiger partial charge in [0.25, 0.3) is 0 Å². The van der Waals surface area contributed by atoms with Crippen LogP contribution in [-0.2, 0) is 6.61 Å². The summed E-state index contributed by atoms with van der Waals surface area (Å²) >= 11 is 0. The molecule has 3 nitrogen and oxygen atoms in total. The zero-order chi connectivity index (χ0) is 13.7. The van der Waals surface area contributed by atoms with Gasteiger partial charge in [-0.3, -0.25) is 0 Å².